The van der Waals surface area contributed by atoms with Crippen molar-refractivity contribution in [2.45, 2.75) is 196 Å². The van der Waals surface area contributed by atoms with Crippen LogP contribution >= 0.6 is 0 Å². The standard InChI is InChI=1S/C9H17NO.C9H13NO.C8H17NO2S.C8H15NO.C7H15NO2S.C7H13NO2/c2*1-9(2,3)10-7-5-4-6-8(10)11;1-8(2,3)9-4-6-12(10,11)7-5-9;1-8(2,3)9-6-4-5-7(9)10;1-7(2,3)8-5-4-6-11(8,9)10;1-7(2,3)8-4-5-10-6(8)9/h4-7H2,1-3H3;4-7H,1-3H3;4-7H2,1-3H3;4-6H2,1-3H3;4-6H2,1-3H3;4-5H2,1-3H3. The first-order valence-electron chi connectivity index (χ1n) is 23.4. The third-order valence-corrected chi connectivity index (χ3v) is 15.1. The predicted molar refractivity (Wildman–Crippen MR) is 264 cm³/mol. The van der Waals surface area contributed by atoms with E-state index in [1.165, 1.54) is 6.42 Å². The van der Waals surface area contributed by atoms with Crippen LogP contribution in [0.3, 0.4) is 0 Å². The van der Waals surface area contributed by atoms with Gasteiger partial charge in [-0.25, -0.2) is 21.6 Å². The Morgan fingerprint density at radius 2 is 0.954 bits per heavy atom. The van der Waals surface area contributed by atoms with Crippen molar-refractivity contribution in [1.29, 1.82) is 0 Å². The average molecular weight is 959 g/mol. The third-order valence-electron chi connectivity index (χ3n) is 11.3. The smallest absolute Gasteiger partial charge is 0.410 e. The van der Waals surface area contributed by atoms with E-state index < -0.39 is 19.9 Å². The molecule has 65 heavy (non-hydrogen) atoms. The lowest BCUT2D eigenvalue weighted by Crippen LogP contribution is -2.49. The molecular weight excluding hydrogens is 869 g/mol. The second-order valence-corrected chi connectivity index (χ2v) is 27.5. The van der Waals surface area contributed by atoms with Crippen molar-refractivity contribution in [3.05, 3.63) is 34.7 Å². The third kappa shape index (κ3) is 21.2. The van der Waals surface area contributed by atoms with Gasteiger partial charge in [-0.1, -0.05) is 6.07 Å². The first-order valence-corrected chi connectivity index (χ1v) is 26.8. The van der Waals surface area contributed by atoms with E-state index in [1.807, 2.05) is 84.4 Å². The zero-order valence-electron chi connectivity index (χ0n) is 43.8. The van der Waals surface area contributed by atoms with E-state index in [2.05, 4.69) is 67.2 Å². The quantitative estimate of drug-likeness (QED) is 0.256. The Labute approximate surface area is 394 Å². The van der Waals surface area contributed by atoms with E-state index in [4.69, 9.17) is 4.74 Å². The largest absolute Gasteiger partial charge is 0.448 e. The molecule has 17 heteroatoms. The van der Waals surface area contributed by atoms with Crippen molar-refractivity contribution >= 4 is 37.8 Å². The summed E-state index contributed by atoms with van der Waals surface area (Å²) < 4.78 is 52.9. The summed E-state index contributed by atoms with van der Waals surface area (Å²) in [5.41, 5.74) is -0.220. The fourth-order valence-corrected chi connectivity index (χ4v) is 10.8. The predicted octanol–water partition coefficient (Wildman–Crippen LogP) is 7.38. The molecule has 0 atom stereocenters. The lowest BCUT2D eigenvalue weighted by Gasteiger charge is -2.38. The highest BCUT2D eigenvalue weighted by Crippen LogP contribution is 2.25. The van der Waals surface area contributed by atoms with Crippen LogP contribution in [0.1, 0.15) is 163 Å². The molecular formula is C48H90N6O9S2. The molecule has 5 fully saturated rings. The maximum Gasteiger partial charge on any atom is 0.410 e. The van der Waals surface area contributed by atoms with Gasteiger partial charge in [0.15, 0.2) is 9.84 Å². The number of piperidine rings is 1. The van der Waals surface area contributed by atoms with Gasteiger partial charge in [-0.05, 0) is 156 Å². The summed E-state index contributed by atoms with van der Waals surface area (Å²) in [7, 11) is -5.63. The lowest BCUT2D eigenvalue weighted by atomic mass is 10.0. The zero-order valence-corrected chi connectivity index (χ0v) is 45.4. The van der Waals surface area contributed by atoms with Crippen LogP contribution in [0.5, 0.6) is 0 Å². The minimum absolute atomic E-state index is 0.0253. The van der Waals surface area contributed by atoms with Gasteiger partial charge in [-0.3, -0.25) is 24.2 Å². The van der Waals surface area contributed by atoms with Crippen LogP contribution in [-0.4, -0.2) is 154 Å². The summed E-state index contributed by atoms with van der Waals surface area (Å²) in [4.78, 5) is 52.5. The summed E-state index contributed by atoms with van der Waals surface area (Å²) >= 11 is 0. The molecule has 0 aliphatic carbocycles. The second kappa shape index (κ2) is 23.8. The number of sulfonamides is 1. The molecule has 0 bridgehead atoms. The Balaban J connectivity index is 0.000000390. The molecule has 0 aromatic carbocycles. The monoisotopic (exact) mass is 959 g/mol. The van der Waals surface area contributed by atoms with Gasteiger partial charge in [0, 0.05) is 91.1 Å². The highest BCUT2D eigenvalue weighted by Gasteiger charge is 2.37. The van der Waals surface area contributed by atoms with Gasteiger partial charge in [0.1, 0.15) is 6.61 Å². The Morgan fingerprint density at radius 1 is 0.477 bits per heavy atom. The second-order valence-electron chi connectivity index (χ2n) is 23.2. The normalized spacial score (nSPS) is 20.6. The Kier molecular flexibility index (Phi) is 22.0. The molecule has 5 aliphatic rings. The number of cyclic esters (lactones) is 1. The number of carbonyl (C=O) groups excluding carboxylic acids is 3. The average Bonchev–Trinajstić information content (AvgIpc) is 3.87. The molecule has 6 rings (SSSR count). The van der Waals surface area contributed by atoms with Gasteiger partial charge in [0.25, 0.3) is 5.56 Å². The number of pyridine rings is 1. The van der Waals surface area contributed by atoms with Gasteiger partial charge >= 0.3 is 6.09 Å². The maximum atomic E-state index is 11.4. The van der Waals surface area contributed by atoms with Crippen molar-refractivity contribution in [2.24, 2.45) is 0 Å². The van der Waals surface area contributed by atoms with Crippen LogP contribution in [0.4, 0.5) is 4.79 Å². The maximum absolute atomic E-state index is 11.4. The number of likely N-dealkylation sites (tertiary alicyclic amines) is 2. The van der Waals surface area contributed by atoms with Crippen molar-refractivity contribution in [3.8, 4) is 0 Å². The molecule has 3 amide bonds. The van der Waals surface area contributed by atoms with Crippen LogP contribution in [0.25, 0.3) is 0 Å². The van der Waals surface area contributed by atoms with Gasteiger partial charge < -0.3 is 19.1 Å². The molecule has 15 nitrogen and oxygen atoms in total. The molecule has 0 N–H and O–H groups in total. The SMILES string of the molecule is CC(C)(C)N1CCCC1=O.CC(C)(C)N1CCCCC1=O.CC(C)(C)N1CCCS1(=O)=O.CC(C)(C)N1CCOC1=O.CC(C)(C)N1CCS(=O)(=O)CC1.CC(C)(C)n1ccccc1=O. The molecule has 0 saturated carbocycles. The molecule has 6 heterocycles. The van der Waals surface area contributed by atoms with Crippen LogP contribution in [0.15, 0.2) is 29.2 Å². The number of rotatable bonds is 0. The van der Waals surface area contributed by atoms with Crippen molar-refractivity contribution in [1.82, 2.24) is 28.5 Å². The van der Waals surface area contributed by atoms with E-state index in [-0.39, 0.29) is 44.9 Å². The van der Waals surface area contributed by atoms with E-state index in [0.717, 1.165) is 51.7 Å². The molecule has 0 unspecified atom stereocenters. The topological polar surface area (TPSA) is 167 Å². The fourth-order valence-electron chi connectivity index (χ4n) is 7.63. The minimum atomic E-state index is -2.91. The first kappa shape index (κ1) is 60.0. The van der Waals surface area contributed by atoms with Crippen LogP contribution in [0, 0.1) is 0 Å². The fraction of sp³-hybridized carbons (Fsp3) is 0.833. The lowest BCUT2D eigenvalue weighted by molar-refractivity contribution is -0.138. The minimum Gasteiger partial charge on any atom is -0.448 e. The Bertz CT molecular complexity index is 1910. The van der Waals surface area contributed by atoms with Gasteiger partial charge in [0.2, 0.25) is 21.8 Å². The van der Waals surface area contributed by atoms with Gasteiger partial charge in [-0.15, -0.1) is 0 Å². The number of sulfone groups is 1. The van der Waals surface area contributed by atoms with Crippen LogP contribution in [-0.2, 0) is 39.7 Å². The van der Waals surface area contributed by atoms with E-state index in [9.17, 15) is 36.0 Å². The van der Waals surface area contributed by atoms with Gasteiger partial charge in [0.05, 0.1) is 23.8 Å². The number of amides is 3. The van der Waals surface area contributed by atoms with Crippen molar-refractivity contribution in [2.75, 3.05) is 63.1 Å². The molecule has 378 valence electrons. The van der Waals surface area contributed by atoms with E-state index in [1.54, 1.807) is 25.9 Å². The van der Waals surface area contributed by atoms with Crippen LogP contribution in [0.2, 0.25) is 0 Å². The zero-order chi connectivity index (χ0) is 50.6. The molecule has 1 aromatic heterocycles. The number of nitrogens with zero attached hydrogens (tertiary/aromatic N) is 6. The number of hydrogen-bond donors (Lipinski definition) is 0. The summed E-state index contributed by atoms with van der Waals surface area (Å²) in [6.07, 6.45) is 7.17. The number of ether oxygens (including phenoxy) is 1. The van der Waals surface area contributed by atoms with Crippen molar-refractivity contribution in [3.63, 3.8) is 0 Å². The highest BCUT2D eigenvalue weighted by molar-refractivity contribution is 7.91. The molecule has 0 radical (unpaired) electrons. The summed E-state index contributed by atoms with van der Waals surface area (Å²) in [6.45, 7) is 41.9. The Hall–Kier alpha value is -3.02. The highest BCUT2D eigenvalue weighted by atomic mass is 32.2. The van der Waals surface area contributed by atoms with Gasteiger partial charge in [-0.2, -0.15) is 4.31 Å². The molecule has 5 aliphatic heterocycles. The number of aromatic nitrogens is 1. The number of carbonyl (C=O) groups is 3. The summed E-state index contributed by atoms with van der Waals surface area (Å²) in [6, 6.07) is 5.20. The first-order chi connectivity index (χ1) is 29.2. The van der Waals surface area contributed by atoms with Crippen molar-refractivity contribution < 1.29 is 36.0 Å². The molecule has 0 spiro atoms. The van der Waals surface area contributed by atoms with Crippen LogP contribution < -0.4 is 5.56 Å². The summed E-state index contributed by atoms with van der Waals surface area (Å²) in [5, 5.41) is 0. The van der Waals surface area contributed by atoms with E-state index in [0.29, 0.717) is 55.3 Å². The Morgan fingerprint density at radius 3 is 1.23 bits per heavy atom. The number of hydrogen-bond acceptors (Lipinski definition) is 10. The molecule has 1 aromatic rings. The molecule has 5 saturated heterocycles. The van der Waals surface area contributed by atoms with E-state index >= 15 is 0 Å². The summed E-state index contributed by atoms with van der Waals surface area (Å²) in [5.74, 6) is 1.61.